The van der Waals surface area contributed by atoms with Gasteiger partial charge in [0.15, 0.2) is 0 Å². The third-order valence-electron chi connectivity index (χ3n) is 3.25. The van der Waals surface area contributed by atoms with Crippen molar-refractivity contribution in [1.29, 1.82) is 0 Å². The molecule has 2 rings (SSSR count). The van der Waals surface area contributed by atoms with Crippen LogP contribution >= 0.6 is 11.6 Å². The van der Waals surface area contributed by atoms with Crippen LogP contribution in [0.2, 0.25) is 5.02 Å². The summed E-state index contributed by atoms with van der Waals surface area (Å²) in [5.41, 5.74) is 0.622. The minimum Gasteiger partial charge on any atom is -0.319 e. The van der Waals surface area contributed by atoms with Gasteiger partial charge in [0.25, 0.3) is 0 Å². The van der Waals surface area contributed by atoms with E-state index in [1.165, 1.54) is 4.31 Å². The van der Waals surface area contributed by atoms with Crippen molar-refractivity contribution in [2.24, 2.45) is 5.92 Å². The van der Waals surface area contributed by atoms with Crippen molar-refractivity contribution >= 4 is 21.6 Å². The molecule has 18 heavy (non-hydrogen) atoms. The van der Waals surface area contributed by atoms with Gasteiger partial charge >= 0.3 is 0 Å². The van der Waals surface area contributed by atoms with Crippen molar-refractivity contribution in [3.05, 3.63) is 28.8 Å². The van der Waals surface area contributed by atoms with E-state index in [-0.39, 0.29) is 0 Å². The van der Waals surface area contributed by atoms with Gasteiger partial charge in [0, 0.05) is 24.7 Å². The number of halogens is 1. The van der Waals surface area contributed by atoms with E-state index >= 15 is 0 Å². The first-order valence-corrected chi connectivity index (χ1v) is 7.68. The maximum Gasteiger partial charge on any atom is 0.243 e. The molecule has 6 heteroatoms. The third kappa shape index (κ3) is 2.40. The van der Waals surface area contributed by atoms with Gasteiger partial charge < -0.3 is 5.32 Å². The molecule has 1 fully saturated rings. The van der Waals surface area contributed by atoms with E-state index in [1.807, 2.05) is 7.05 Å². The van der Waals surface area contributed by atoms with E-state index in [9.17, 15) is 8.42 Å². The van der Waals surface area contributed by atoms with Crippen LogP contribution in [0.1, 0.15) is 5.56 Å². The number of rotatable bonds is 4. The first-order valence-electron chi connectivity index (χ1n) is 5.86. The zero-order valence-corrected chi connectivity index (χ0v) is 12.1. The average molecular weight is 289 g/mol. The molecule has 0 atom stereocenters. The first kappa shape index (κ1) is 13.8. The first-order chi connectivity index (χ1) is 8.46. The molecule has 1 aromatic rings. The van der Waals surface area contributed by atoms with Crippen molar-refractivity contribution in [3.63, 3.8) is 0 Å². The van der Waals surface area contributed by atoms with Crippen LogP contribution in [0.25, 0.3) is 0 Å². The van der Waals surface area contributed by atoms with Crippen molar-refractivity contribution < 1.29 is 8.42 Å². The van der Waals surface area contributed by atoms with Crippen LogP contribution in [0.15, 0.2) is 23.1 Å². The lowest BCUT2D eigenvalue weighted by molar-refractivity contribution is 0.199. The second kappa shape index (κ2) is 5.17. The van der Waals surface area contributed by atoms with Gasteiger partial charge in [0.1, 0.15) is 0 Å². The van der Waals surface area contributed by atoms with Crippen molar-refractivity contribution in [1.82, 2.24) is 9.62 Å². The molecule has 0 bridgehead atoms. The van der Waals surface area contributed by atoms with Crippen LogP contribution in [-0.4, -0.2) is 39.4 Å². The molecule has 1 N–H and O–H groups in total. The monoisotopic (exact) mass is 288 g/mol. The Kier molecular flexibility index (Phi) is 3.96. The summed E-state index contributed by atoms with van der Waals surface area (Å²) >= 11 is 5.97. The summed E-state index contributed by atoms with van der Waals surface area (Å²) in [6, 6.07) is 4.99. The molecule has 0 saturated carbocycles. The standard InChI is InChI=1S/C12H17ClN2O2S/c1-9-11(13)4-3-5-12(9)18(16,17)15-7-10(8-15)6-14-2/h3-5,10,14H,6-8H2,1-2H3. The van der Waals surface area contributed by atoms with Crippen molar-refractivity contribution in [2.75, 3.05) is 26.7 Å². The highest BCUT2D eigenvalue weighted by Crippen LogP contribution is 2.29. The molecule has 0 amide bonds. The molecule has 1 aliphatic rings. The number of nitrogens with zero attached hydrogens (tertiary/aromatic N) is 1. The van der Waals surface area contributed by atoms with Gasteiger partial charge in [-0.3, -0.25) is 0 Å². The lowest BCUT2D eigenvalue weighted by Crippen LogP contribution is -2.52. The molecular formula is C12H17ClN2O2S. The van der Waals surface area contributed by atoms with Crippen LogP contribution < -0.4 is 5.32 Å². The number of hydrogen-bond acceptors (Lipinski definition) is 3. The Balaban J connectivity index is 2.20. The summed E-state index contributed by atoms with van der Waals surface area (Å²) in [6.07, 6.45) is 0. The van der Waals surface area contributed by atoms with Gasteiger partial charge in [-0.2, -0.15) is 4.31 Å². The average Bonchev–Trinajstić information content (AvgIpc) is 2.26. The fourth-order valence-electron chi connectivity index (χ4n) is 2.14. The summed E-state index contributed by atoms with van der Waals surface area (Å²) in [5.74, 6) is 0.407. The summed E-state index contributed by atoms with van der Waals surface area (Å²) < 4.78 is 26.3. The van der Waals surface area contributed by atoms with Gasteiger partial charge in [-0.05, 0) is 37.6 Å². The summed E-state index contributed by atoms with van der Waals surface area (Å²) in [4.78, 5) is 0.318. The van der Waals surface area contributed by atoms with Crippen LogP contribution in [0.5, 0.6) is 0 Å². The van der Waals surface area contributed by atoms with E-state index in [0.29, 0.717) is 34.5 Å². The Labute approximate surface area is 113 Å². The topological polar surface area (TPSA) is 49.4 Å². The highest BCUT2D eigenvalue weighted by molar-refractivity contribution is 7.89. The second-order valence-electron chi connectivity index (χ2n) is 4.61. The fraction of sp³-hybridized carbons (Fsp3) is 0.500. The molecule has 0 spiro atoms. The molecule has 0 radical (unpaired) electrons. The number of hydrogen-bond donors (Lipinski definition) is 1. The maximum absolute atomic E-state index is 12.4. The largest absolute Gasteiger partial charge is 0.319 e. The minimum absolute atomic E-state index is 0.318. The molecule has 4 nitrogen and oxygen atoms in total. The minimum atomic E-state index is -3.39. The highest BCUT2D eigenvalue weighted by atomic mass is 35.5. The second-order valence-corrected chi connectivity index (χ2v) is 6.92. The Morgan fingerprint density at radius 2 is 2.11 bits per heavy atom. The van der Waals surface area contributed by atoms with Crippen molar-refractivity contribution in [3.8, 4) is 0 Å². The molecule has 0 unspecified atom stereocenters. The van der Waals surface area contributed by atoms with Gasteiger partial charge in [-0.25, -0.2) is 8.42 Å². The Hall–Kier alpha value is -0.620. The van der Waals surface area contributed by atoms with Crippen LogP contribution in [0.4, 0.5) is 0 Å². The zero-order valence-electron chi connectivity index (χ0n) is 10.5. The molecule has 100 valence electrons. The predicted octanol–water partition coefficient (Wildman–Crippen LogP) is 1.49. The fourth-order valence-corrected chi connectivity index (χ4v) is 4.21. The molecule has 1 heterocycles. The van der Waals surface area contributed by atoms with Crippen LogP contribution in [0, 0.1) is 12.8 Å². The van der Waals surface area contributed by atoms with E-state index in [0.717, 1.165) is 6.54 Å². The predicted molar refractivity (Wildman–Crippen MR) is 72.4 cm³/mol. The van der Waals surface area contributed by atoms with Gasteiger partial charge in [0.2, 0.25) is 10.0 Å². The molecule has 1 aromatic carbocycles. The quantitative estimate of drug-likeness (QED) is 0.913. The molecule has 1 saturated heterocycles. The van der Waals surface area contributed by atoms with E-state index in [2.05, 4.69) is 5.32 Å². The van der Waals surface area contributed by atoms with Crippen LogP contribution in [0.3, 0.4) is 0 Å². The summed E-state index contributed by atoms with van der Waals surface area (Å²) in [5, 5.41) is 3.55. The normalized spacial score (nSPS) is 17.7. The molecular weight excluding hydrogens is 272 g/mol. The molecule has 1 aliphatic heterocycles. The Morgan fingerprint density at radius 3 is 2.72 bits per heavy atom. The lowest BCUT2D eigenvalue weighted by Gasteiger charge is -2.38. The highest BCUT2D eigenvalue weighted by Gasteiger charge is 2.36. The summed E-state index contributed by atoms with van der Waals surface area (Å²) in [7, 11) is -1.51. The Morgan fingerprint density at radius 1 is 1.44 bits per heavy atom. The number of nitrogens with one attached hydrogen (secondary N) is 1. The van der Waals surface area contributed by atoms with Gasteiger partial charge in [0.05, 0.1) is 4.90 Å². The van der Waals surface area contributed by atoms with E-state index in [1.54, 1.807) is 25.1 Å². The van der Waals surface area contributed by atoms with Gasteiger partial charge in [-0.1, -0.05) is 17.7 Å². The third-order valence-corrected chi connectivity index (χ3v) is 5.64. The van der Waals surface area contributed by atoms with Crippen LogP contribution in [-0.2, 0) is 10.0 Å². The molecule has 0 aromatic heterocycles. The molecule has 0 aliphatic carbocycles. The van der Waals surface area contributed by atoms with E-state index < -0.39 is 10.0 Å². The smallest absolute Gasteiger partial charge is 0.243 e. The van der Waals surface area contributed by atoms with E-state index in [4.69, 9.17) is 11.6 Å². The summed E-state index contributed by atoms with van der Waals surface area (Å²) in [6.45, 7) is 3.74. The number of benzene rings is 1. The SMILES string of the molecule is CNCC1CN(S(=O)(=O)c2cccc(Cl)c2C)C1. The van der Waals surface area contributed by atoms with Crippen molar-refractivity contribution in [2.45, 2.75) is 11.8 Å². The number of sulfonamides is 1. The zero-order chi connectivity index (χ0) is 13.3. The maximum atomic E-state index is 12.4. The Bertz CT molecular complexity index is 539. The lowest BCUT2D eigenvalue weighted by atomic mass is 10.0. The van der Waals surface area contributed by atoms with Gasteiger partial charge in [-0.15, -0.1) is 0 Å².